The molecular weight excluding hydrogens is 258 g/mol. The lowest BCUT2D eigenvalue weighted by Crippen LogP contribution is -1.83. The molecule has 0 aliphatic rings. The third-order valence-corrected chi connectivity index (χ3v) is 3.93. The molecular formula is C19H15NO. The molecule has 2 aromatic heterocycles. The Morgan fingerprint density at radius 1 is 0.952 bits per heavy atom. The number of benzene rings is 2. The second-order valence-electron chi connectivity index (χ2n) is 5.18. The number of pyridine rings is 1. The largest absolute Gasteiger partial charge is 0.454 e. The van der Waals surface area contributed by atoms with Gasteiger partial charge in [-0.15, -0.1) is 0 Å². The van der Waals surface area contributed by atoms with Gasteiger partial charge in [0.15, 0.2) is 5.58 Å². The molecule has 0 atom stereocenters. The van der Waals surface area contributed by atoms with Gasteiger partial charge in [0, 0.05) is 17.1 Å². The van der Waals surface area contributed by atoms with Crippen LogP contribution in [0.1, 0.15) is 12.5 Å². The molecule has 2 heterocycles. The molecule has 21 heavy (non-hydrogen) atoms. The lowest BCUT2D eigenvalue weighted by molar-refractivity contribution is 0.669. The second-order valence-corrected chi connectivity index (χ2v) is 5.18. The van der Waals surface area contributed by atoms with Crippen LogP contribution < -0.4 is 0 Å². The minimum Gasteiger partial charge on any atom is -0.454 e. The maximum absolute atomic E-state index is 6.03. The van der Waals surface area contributed by atoms with Crippen LogP contribution in [0, 0.1) is 0 Å². The minimum absolute atomic E-state index is 0.864. The third kappa shape index (κ3) is 1.91. The van der Waals surface area contributed by atoms with E-state index >= 15 is 0 Å². The Morgan fingerprint density at radius 2 is 1.76 bits per heavy atom. The van der Waals surface area contributed by atoms with Crippen molar-refractivity contribution in [3.8, 4) is 11.1 Å². The minimum atomic E-state index is 0.864. The van der Waals surface area contributed by atoms with Gasteiger partial charge in [0.05, 0.1) is 0 Å². The van der Waals surface area contributed by atoms with Gasteiger partial charge in [-0.2, -0.15) is 0 Å². The highest BCUT2D eigenvalue weighted by molar-refractivity contribution is 6.07. The zero-order valence-electron chi connectivity index (χ0n) is 11.8. The Bertz CT molecular complexity index is 919. The summed E-state index contributed by atoms with van der Waals surface area (Å²) >= 11 is 0. The summed E-state index contributed by atoms with van der Waals surface area (Å²) in [6.45, 7) is 2.17. The van der Waals surface area contributed by atoms with Crippen molar-refractivity contribution in [2.24, 2.45) is 0 Å². The van der Waals surface area contributed by atoms with Gasteiger partial charge in [0.1, 0.15) is 11.1 Å². The van der Waals surface area contributed by atoms with Crippen LogP contribution in [0.3, 0.4) is 0 Å². The average Bonchev–Trinajstić information content (AvgIpc) is 2.94. The summed E-state index contributed by atoms with van der Waals surface area (Å²) in [7, 11) is 0. The predicted molar refractivity (Wildman–Crippen MR) is 86.3 cm³/mol. The maximum atomic E-state index is 6.03. The first-order chi connectivity index (χ1) is 10.4. The van der Waals surface area contributed by atoms with Gasteiger partial charge in [-0.25, -0.2) is 0 Å². The maximum Gasteiger partial charge on any atom is 0.161 e. The van der Waals surface area contributed by atoms with E-state index in [4.69, 9.17) is 4.42 Å². The molecule has 0 unspecified atom stereocenters. The Hall–Kier alpha value is -2.61. The zero-order valence-corrected chi connectivity index (χ0v) is 11.8. The van der Waals surface area contributed by atoms with Crippen molar-refractivity contribution in [3.63, 3.8) is 0 Å². The predicted octanol–water partition coefficient (Wildman–Crippen LogP) is 5.21. The van der Waals surface area contributed by atoms with Crippen LogP contribution in [-0.2, 0) is 6.42 Å². The van der Waals surface area contributed by atoms with Gasteiger partial charge >= 0.3 is 0 Å². The Morgan fingerprint density at radius 3 is 2.57 bits per heavy atom. The number of nitrogens with zero attached hydrogens (tertiary/aromatic N) is 1. The first-order valence-electron chi connectivity index (χ1n) is 7.22. The van der Waals surface area contributed by atoms with Crippen LogP contribution in [-0.4, -0.2) is 4.98 Å². The first kappa shape index (κ1) is 12.2. The molecule has 4 aromatic rings. The highest BCUT2D eigenvalue weighted by Gasteiger charge is 2.12. The highest BCUT2D eigenvalue weighted by Crippen LogP contribution is 2.34. The number of rotatable bonds is 2. The fourth-order valence-corrected chi connectivity index (χ4v) is 2.75. The number of aromatic nitrogens is 1. The lowest BCUT2D eigenvalue weighted by Gasteiger charge is -2.03. The quantitative estimate of drug-likeness (QED) is 0.501. The van der Waals surface area contributed by atoms with Crippen molar-refractivity contribution in [2.45, 2.75) is 13.3 Å². The number of fused-ring (bicyclic) bond motifs is 3. The molecule has 2 nitrogen and oxygen atoms in total. The summed E-state index contributed by atoms with van der Waals surface area (Å²) in [4.78, 5) is 4.50. The lowest BCUT2D eigenvalue weighted by atomic mass is 10.0. The summed E-state index contributed by atoms with van der Waals surface area (Å²) in [6.07, 6.45) is 2.91. The van der Waals surface area contributed by atoms with Gasteiger partial charge < -0.3 is 4.42 Å². The van der Waals surface area contributed by atoms with Gasteiger partial charge in [0.2, 0.25) is 0 Å². The number of aryl methyl sites for hydroxylation is 1. The molecule has 0 amide bonds. The molecule has 0 N–H and O–H groups in total. The van der Waals surface area contributed by atoms with Crippen LogP contribution in [0.4, 0.5) is 0 Å². The topological polar surface area (TPSA) is 26.0 Å². The van der Waals surface area contributed by atoms with Gasteiger partial charge in [0.25, 0.3) is 0 Å². The number of hydrogen-bond acceptors (Lipinski definition) is 2. The van der Waals surface area contributed by atoms with Gasteiger partial charge in [-0.1, -0.05) is 43.3 Å². The van der Waals surface area contributed by atoms with Crippen molar-refractivity contribution in [3.05, 3.63) is 66.4 Å². The second kappa shape index (κ2) is 4.74. The standard InChI is InChI=1S/C19H15NO/c1-2-13-7-9-14(10-8-13)15-11-12-20-18-16-5-3-4-6-17(16)21-19(15)18/h3-12H,2H2,1H3. The molecule has 0 aliphatic carbocycles. The summed E-state index contributed by atoms with van der Waals surface area (Å²) in [5, 5.41) is 1.07. The Balaban J connectivity index is 1.99. The van der Waals surface area contributed by atoms with Crippen molar-refractivity contribution < 1.29 is 4.42 Å². The summed E-state index contributed by atoms with van der Waals surface area (Å²) in [6, 6.07) is 18.7. The third-order valence-electron chi connectivity index (χ3n) is 3.93. The fraction of sp³-hybridized carbons (Fsp3) is 0.105. The molecule has 102 valence electrons. The fourth-order valence-electron chi connectivity index (χ4n) is 2.75. The van der Waals surface area contributed by atoms with E-state index in [1.54, 1.807) is 0 Å². The number of para-hydroxylation sites is 1. The van der Waals surface area contributed by atoms with E-state index in [1.165, 1.54) is 11.1 Å². The van der Waals surface area contributed by atoms with E-state index in [0.29, 0.717) is 0 Å². The van der Waals surface area contributed by atoms with Gasteiger partial charge in [-0.05, 0) is 35.7 Å². The van der Waals surface area contributed by atoms with E-state index in [-0.39, 0.29) is 0 Å². The monoisotopic (exact) mass is 273 g/mol. The molecule has 0 saturated heterocycles. The van der Waals surface area contributed by atoms with Crippen molar-refractivity contribution >= 4 is 22.1 Å². The van der Waals surface area contributed by atoms with E-state index in [1.807, 2.05) is 30.5 Å². The molecule has 0 radical (unpaired) electrons. The summed E-state index contributed by atoms with van der Waals surface area (Å²) in [5.74, 6) is 0. The molecule has 0 fully saturated rings. The average molecular weight is 273 g/mol. The molecule has 0 saturated carbocycles. The SMILES string of the molecule is CCc1ccc(-c2ccnc3c2oc2ccccc23)cc1. The van der Waals surface area contributed by atoms with Crippen LogP contribution in [0.15, 0.2) is 65.2 Å². The zero-order chi connectivity index (χ0) is 14.2. The number of hydrogen-bond donors (Lipinski definition) is 0. The normalized spacial score (nSPS) is 11.3. The summed E-state index contributed by atoms with van der Waals surface area (Å²) in [5.41, 5.74) is 6.29. The van der Waals surface area contributed by atoms with Crippen molar-refractivity contribution in [2.75, 3.05) is 0 Å². The van der Waals surface area contributed by atoms with E-state index in [9.17, 15) is 0 Å². The molecule has 0 bridgehead atoms. The molecule has 0 aliphatic heterocycles. The smallest absolute Gasteiger partial charge is 0.161 e. The first-order valence-corrected chi connectivity index (χ1v) is 7.22. The molecule has 2 aromatic carbocycles. The van der Waals surface area contributed by atoms with E-state index in [2.05, 4.69) is 42.2 Å². The van der Waals surface area contributed by atoms with Gasteiger partial charge in [-0.3, -0.25) is 4.98 Å². The van der Waals surface area contributed by atoms with Crippen LogP contribution in [0.5, 0.6) is 0 Å². The van der Waals surface area contributed by atoms with E-state index in [0.717, 1.165) is 34.1 Å². The Labute approximate surface area is 123 Å². The molecule has 2 heteroatoms. The van der Waals surface area contributed by atoms with Crippen LogP contribution >= 0.6 is 0 Å². The molecule has 4 rings (SSSR count). The van der Waals surface area contributed by atoms with Crippen molar-refractivity contribution in [1.82, 2.24) is 4.98 Å². The number of furan rings is 1. The molecule has 0 spiro atoms. The van der Waals surface area contributed by atoms with Crippen molar-refractivity contribution in [1.29, 1.82) is 0 Å². The van der Waals surface area contributed by atoms with Crippen LogP contribution in [0.2, 0.25) is 0 Å². The summed E-state index contributed by atoms with van der Waals surface area (Å²) < 4.78 is 6.03. The van der Waals surface area contributed by atoms with E-state index < -0.39 is 0 Å². The Kier molecular flexibility index (Phi) is 2.74. The van der Waals surface area contributed by atoms with Crippen LogP contribution in [0.25, 0.3) is 33.2 Å². The highest BCUT2D eigenvalue weighted by atomic mass is 16.3.